The van der Waals surface area contributed by atoms with Crippen molar-refractivity contribution in [3.05, 3.63) is 169 Å². The summed E-state index contributed by atoms with van der Waals surface area (Å²) in [5.74, 6) is 0. The molecule has 0 N–H and O–H groups in total. The van der Waals surface area contributed by atoms with Gasteiger partial charge in [0, 0.05) is 54.3 Å². The van der Waals surface area contributed by atoms with Crippen LogP contribution in [0.25, 0.3) is 110 Å². The average molecular weight is 690 g/mol. The molecule has 54 heavy (non-hydrogen) atoms. The Morgan fingerprint density at radius 3 is 1.50 bits per heavy atom. The maximum Gasteiger partial charge on any atom is 0.136 e. The molecule has 0 saturated carbocycles. The molecule has 5 heteroatoms. The monoisotopic (exact) mass is 689 g/mol. The molecule has 0 fully saturated rings. The number of para-hydroxylation sites is 5. The number of rotatable bonds is 3. The van der Waals surface area contributed by atoms with Gasteiger partial charge < -0.3 is 18.0 Å². The number of furan rings is 2. The summed E-state index contributed by atoms with van der Waals surface area (Å²) in [6.45, 7) is 0. The van der Waals surface area contributed by atoms with Crippen LogP contribution < -0.4 is 0 Å². The first-order valence-electron chi connectivity index (χ1n) is 18.1. The van der Waals surface area contributed by atoms with Crippen LogP contribution in [0, 0.1) is 11.3 Å². The van der Waals surface area contributed by atoms with Crippen molar-refractivity contribution in [3.8, 4) is 28.6 Å². The van der Waals surface area contributed by atoms with Crippen LogP contribution in [0.5, 0.6) is 0 Å². The highest BCUT2D eigenvalue weighted by Gasteiger charge is 2.23. The molecule has 0 unspecified atom stereocenters. The predicted molar refractivity (Wildman–Crippen MR) is 220 cm³/mol. The molecule has 0 amide bonds. The van der Waals surface area contributed by atoms with E-state index in [-0.39, 0.29) is 0 Å². The molecular weight excluding hydrogens is 663 g/mol. The molecule has 0 radical (unpaired) electrons. The lowest BCUT2D eigenvalue weighted by Crippen LogP contribution is -2.01. The van der Waals surface area contributed by atoms with Crippen molar-refractivity contribution in [2.24, 2.45) is 0 Å². The summed E-state index contributed by atoms with van der Waals surface area (Å²) in [5.41, 5.74) is 12.3. The van der Waals surface area contributed by atoms with Gasteiger partial charge in [0.05, 0.1) is 33.3 Å². The van der Waals surface area contributed by atoms with Gasteiger partial charge in [0.2, 0.25) is 0 Å². The Morgan fingerprint density at radius 1 is 0.389 bits per heavy atom. The Balaban J connectivity index is 1.09. The van der Waals surface area contributed by atoms with Gasteiger partial charge in [-0.2, -0.15) is 5.26 Å². The molecule has 5 nitrogen and oxygen atoms in total. The molecule has 12 rings (SSSR count). The molecule has 0 saturated heterocycles. The fourth-order valence-corrected chi connectivity index (χ4v) is 8.97. The number of benzene rings is 8. The molecule has 250 valence electrons. The van der Waals surface area contributed by atoms with E-state index in [4.69, 9.17) is 8.83 Å². The zero-order chi connectivity index (χ0) is 35.5. The molecule has 0 atom stereocenters. The van der Waals surface area contributed by atoms with E-state index in [1.165, 1.54) is 10.8 Å². The summed E-state index contributed by atoms with van der Waals surface area (Å²) in [7, 11) is 0. The zero-order valence-electron chi connectivity index (χ0n) is 28.7. The molecule has 0 bridgehead atoms. The fourth-order valence-electron chi connectivity index (χ4n) is 8.97. The Kier molecular flexibility index (Phi) is 5.78. The summed E-state index contributed by atoms with van der Waals surface area (Å²) in [6.07, 6.45) is 0. The van der Waals surface area contributed by atoms with Crippen molar-refractivity contribution in [1.29, 1.82) is 5.26 Å². The third kappa shape index (κ3) is 3.81. The summed E-state index contributed by atoms with van der Waals surface area (Å²) in [6, 6.07) is 59.3. The van der Waals surface area contributed by atoms with E-state index in [2.05, 4.69) is 143 Å². The lowest BCUT2D eigenvalue weighted by atomic mass is 9.99. The van der Waals surface area contributed by atoms with Crippen LogP contribution in [0.15, 0.2) is 173 Å². The van der Waals surface area contributed by atoms with Gasteiger partial charge in [-0.3, -0.25) is 0 Å². The van der Waals surface area contributed by atoms with Crippen LogP contribution in [-0.2, 0) is 0 Å². The number of nitrogens with zero attached hydrogens (tertiary/aromatic N) is 3. The maximum absolute atomic E-state index is 10.6. The van der Waals surface area contributed by atoms with E-state index in [1.807, 2.05) is 36.4 Å². The standard InChI is InChI=1S/C49H27N3O2/c50-28-30-10-9-15-32(49(30)52-38-17-6-2-12-34(38)46-40(52)25-27-44-48(46)36-14-4-8-19-42(36)54-44)29-20-22-31(23-21-29)51-37-16-5-1-11-33(37)45-39(51)24-26-43-47(45)35-13-3-7-18-41(35)53-43/h1-27H. The second-order valence-corrected chi connectivity index (χ2v) is 13.9. The Labute approximate surface area is 307 Å². The van der Waals surface area contributed by atoms with E-state index in [0.717, 1.165) is 99.2 Å². The largest absolute Gasteiger partial charge is 0.456 e. The predicted octanol–water partition coefficient (Wildman–Crippen LogP) is 13.2. The highest BCUT2D eigenvalue weighted by atomic mass is 16.3. The SMILES string of the molecule is N#Cc1cccc(-c2ccc(-n3c4ccccc4c4c5c(ccc43)oc3ccccc35)cc2)c1-n1c2ccccc2c2c3c(ccc21)oc1ccccc13. The topological polar surface area (TPSA) is 59.9 Å². The minimum Gasteiger partial charge on any atom is -0.456 e. The quantitative estimate of drug-likeness (QED) is 0.185. The van der Waals surface area contributed by atoms with Gasteiger partial charge in [-0.15, -0.1) is 0 Å². The van der Waals surface area contributed by atoms with Crippen molar-refractivity contribution >= 4 is 87.5 Å². The van der Waals surface area contributed by atoms with Crippen LogP contribution >= 0.6 is 0 Å². The molecule has 12 aromatic rings. The number of aromatic nitrogens is 2. The van der Waals surface area contributed by atoms with Gasteiger partial charge in [0.25, 0.3) is 0 Å². The lowest BCUT2D eigenvalue weighted by Gasteiger charge is -2.16. The van der Waals surface area contributed by atoms with Gasteiger partial charge in [0.1, 0.15) is 28.4 Å². The number of hydrogen-bond donors (Lipinski definition) is 0. The number of nitriles is 1. The van der Waals surface area contributed by atoms with Gasteiger partial charge >= 0.3 is 0 Å². The fraction of sp³-hybridized carbons (Fsp3) is 0. The molecule has 0 aliphatic heterocycles. The molecular formula is C49H27N3O2. The summed E-state index contributed by atoms with van der Waals surface area (Å²) >= 11 is 0. The van der Waals surface area contributed by atoms with Crippen LogP contribution in [0.4, 0.5) is 0 Å². The van der Waals surface area contributed by atoms with Crippen LogP contribution in [0.2, 0.25) is 0 Å². The van der Waals surface area contributed by atoms with Crippen molar-refractivity contribution in [2.45, 2.75) is 0 Å². The van der Waals surface area contributed by atoms with E-state index in [0.29, 0.717) is 5.56 Å². The number of fused-ring (bicyclic) bond motifs is 14. The third-order valence-electron chi connectivity index (χ3n) is 11.2. The van der Waals surface area contributed by atoms with Crippen molar-refractivity contribution in [2.75, 3.05) is 0 Å². The minimum absolute atomic E-state index is 0.607. The van der Waals surface area contributed by atoms with Gasteiger partial charge in [0.15, 0.2) is 0 Å². The molecule has 4 aromatic heterocycles. The lowest BCUT2D eigenvalue weighted by molar-refractivity contribution is 0.669. The Hall–Kier alpha value is -7.55. The summed E-state index contributed by atoms with van der Waals surface area (Å²) < 4.78 is 17.2. The van der Waals surface area contributed by atoms with E-state index in [9.17, 15) is 5.26 Å². The molecule has 4 heterocycles. The van der Waals surface area contributed by atoms with Crippen molar-refractivity contribution in [3.63, 3.8) is 0 Å². The first kappa shape index (κ1) is 29.1. The van der Waals surface area contributed by atoms with Crippen LogP contribution in [0.3, 0.4) is 0 Å². The summed E-state index contributed by atoms with van der Waals surface area (Å²) in [4.78, 5) is 0. The normalized spacial score (nSPS) is 12.1. The Morgan fingerprint density at radius 2 is 0.907 bits per heavy atom. The second-order valence-electron chi connectivity index (χ2n) is 13.9. The average Bonchev–Trinajstić information content (AvgIpc) is 3.98. The zero-order valence-corrected chi connectivity index (χ0v) is 28.7. The second kappa shape index (κ2) is 10.7. The van der Waals surface area contributed by atoms with Gasteiger partial charge in [-0.05, 0) is 72.3 Å². The summed E-state index contributed by atoms with van der Waals surface area (Å²) in [5, 5.41) is 19.7. The maximum atomic E-state index is 10.6. The van der Waals surface area contributed by atoms with Crippen LogP contribution in [0.1, 0.15) is 5.56 Å². The van der Waals surface area contributed by atoms with Crippen molar-refractivity contribution < 1.29 is 8.83 Å². The van der Waals surface area contributed by atoms with E-state index in [1.54, 1.807) is 0 Å². The molecule has 0 aliphatic rings. The number of hydrogen-bond acceptors (Lipinski definition) is 3. The highest BCUT2D eigenvalue weighted by Crippen LogP contribution is 2.44. The molecule has 0 spiro atoms. The van der Waals surface area contributed by atoms with Gasteiger partial charge in [-0.1, -0.05) is 97.1 Å². The van der Waals surface area contributed by atoms with Crippen molar-refractivity contribution in [1.82, 2.24) is 9.13 Å². The third-order valence-corrected chi connectivity index (χ3v) is 11.2. The van der Waals surface area contributed by atoms with Gasteiger partial charge in [-0.25, -0.2) is 0 Å². The first-order chi connectivity index (χ1) is 26.8. The smallest absolute Gasteiger partial charge is 0.136 e. The molecule has 8 aromatic carbocycles. The van der Waals surface area contributed by atoms with E-state index < -0.39 is 0 Å². The molecule has 0 aliphatic carbocycles. The van der Waals surface area contributed by atoms with E-state index >= 15 is 0 Å². The van der Waals surface area contributed by atoms with Crippen LogP contribution in [-0.4, -0.2) is 9.13 Å². The Bertz CT molecular complexity index is 3570. The first-order valence-corrected chi connectivity index (χ1v) is 18.1. The minimum atomic E-state index is 0.607. The highest BCUT2D eigenvalue weighted by molar-refractivity contribution is 6.28.